The zero-order valence-corrected chi connectivity index (χ0v) is 10.7. The van der Waals surface area contributed by atoms with Crippen LogP contribution in [0.4, 0.5) is 0 Å². The van der Waals surface area contributed by atoms with Gasteiger partial charge in [0.25, 0.3) is 0 Å². The smallest absolute Gasteiger partial charge is 0.319 e. The monoisotopic (exact) mass is 237 g/mol. The molecule has 15 heavy (non-hydrogen) atoms. The largest absolute Gasteiger partial charge is 0.465 e. The first-order chi connectivity index (χ1) is 6.87. The van der Waals surface area contributed by atoms with Gasteiger partial charge in [-0.05, 0) is 20.8 Å². The standard InChI is InChI=1S/C9H20NO4P/c1-5-13-9(11)6-10-7-15(4,12)14-8(2)3/h8,10H,5-7H2,1-4H3. The molecule has 0 spiro atoms. The lowest BCUT2D eigenvalue weighted by atomic mass is 10.5. The summed E-state index contributed by atoms with van der Waals surface area (Å²) in [6.07, 6.45) is 0.106. The number of carbonyl (C=O) groups is 1. The van der Waals surface area contributed by atoms with Crippen LogP contribution in [-0.2, 0) is 18.6 Å². The highest BCUT2D eigenvalue weighted by atomic mass is 31.2. The van der Waals surface area contributed by atoms with Crippen molar-refractivity contribution in [2.24, 2.45) is 0 Å². The summed E-state index contributed by atoms with van der Waals surface area (Å²) < 4.78 is 21.7. The Labute approximate surface area is 91.0 Å². The zero-order valence-electron chi connectivity index (χ0n) is 9.78. The van der Waals surface area contributed by atoms with E-state index in [2.05, 4.69) is 5.32 Å². The number of carbonyl (C=O) groups excluding carboxylic acids is 1. The summed E-state index contributed by atoms with van der Waals surface area (Å²) in [6.45, 7) is 7.35. The van der Waals surface area contributed by atoms with Crippen molar-refractivity contribution >= 4 is 13.3 Å². The van der Waals surface area contributed by atoms with Crippen molar-refractivity contribution in [1.29, 1.82) is 0 Å². The molecule has 1 unspecified atom stereocenters. The maximum absolute atomic E-state index is 11.7. The molecule has 6 heteroatoms. The Morgan fingerprint density at radius 1 is 1.47 bits per heavy atom. The van der Waals surface area contributed by atoms with Crippen molar-refractivity contribution < 1.29 is 18.6 Å². The van der Waals surface area contributed by atoms with Crippen molar-refractivity contribution in [2.45, 2.75) is 26.9 Å². The average molecular weight is 237 g/mol. The molecule has 0 aliphatic carbocycles. The number of ether oxygens (including phenoxy) is 1. The molecule has 0 aliphatic rings. The maximum Gasteiger partial charge on any atom is 0.319 e. The van der Waals surface area contributed by atoms with E-state index in [0.717, 1.165) is 0 Å². The molecular formula is C9H20NO4P. The van der Waals surface area contributed by atoms with Gasteiger partial charge in [0.1, 0.15) is 0 Å². The van der Waals surface area contributed by atoms with Gasteiger partial charge < -0.3 is 9.26 Å². The van der Waals surface area contributed by atoms with E-state index in [9.17, 15) is 9.36 Å². The van der Waals surface area contributed by atoms with Gasteiger partial charge in [-0.2, -0.15) is 0 Å². The van der Waals surface area contributed by atoms with Gasteiger partial charge in [-0.1, -0.05) is 0 Å². The Kier molecular flexibility index (Phi) is 6.81. The molecule has 90 valence electrons. The molecular weight excluding hydrogens is 217 g/mol. The Bertz CT molecular complexity index is 242. The van der Waals surface area contributed by atoms with Crippen LogP contribution in [-0.4, -0.2) is 38.2 Å². The Morgan fingerprint density at radius 2 is 2.07 bits per heavy atom. The molecule has 0 aliphatic heterocycles. The molecule has 0 heterocycles. The van der Waals surface area contributed by atoms with Crippen molar-refractivity contribution in [3.05, 3.63) is 0 Å². The molecule has 0 aromatic rings. The van der Waals surface area contributed by atoms with E-state index in [-0.39, 0.29) is 24.9 Å². The molecule has 0 saturated heterocycles. The number of esters is 1. The van der Waals surface area contributed by atoms with E-state index < -0.39 is 7.37 Å². The van der Waals surface area contributed by atoms with Gasteiger partial charge in [-0.25, -0.2) is 0 Å². The minimum absolute atomic E-state index is 0.0626. The zero-order chi connectivity index (χ0) is 11.9. The second-order valence-corrected chi connectivity index (χ2v) is 6.11. The molecule has 1 N–H and O–H groups in total. The van der Waals surface area contributed by atoms with Crippen LogP contribution in [0.25, 0.3) is 0 Å². The topological polar surface area (TPSA) is 64.6 Å². The molecule has 0 fully saturated rings. The van der Waals surface area contributed by atoms with E-state index in [1.165, 1.54) is 0 Å². The SMILES string of the molecule is CCOC(=O)CNCP(C)(=O)OC(C)C. The first kappa shape index (κ1) is 14.6. The fourth-order valence-corrected chi connectivity index (χ4v) is 2.54. The highest BCUT2D eigenvalue weighted by Crippen LogP contribution is 2.42. The molecule has 0 saturated carbocycles. The Morgan fingerprint density at radius 3 is 2.53 bits per heavy atom. The van der Waals surface area contributed by atoms with Crippen LogP contribution in [0.2, 0.25) is 0 Å². The van der Waals surface area contributed by atoms with Crippen LogP contribution in [0.15, 0.2) is 0 Å². The van der Waals surface area contributed by atoms with Crippen molar-refractivity contribution in [2.75, 3.05) is 26.1 Å². The summed E-state index contributed by atoms with van der Waals surface area (Å²) in [6, 6.07) is 0. The lowest BCUT2D eigenvalue weighted by Crippen LogP contribution is -2.26. The van der Waals surface area contributed by atoms with Crippen molar-refractivity contribution in [3.63, 3.8) is 0 Å². The van der Waals surface area contributed by atoms with Crippen molar-refractivity contribution in [3.8, 4) is 0 Å². The predicted octanol–water partition coefficient (Wildman–Crippen LogP) is 1.43. The third-order valence-electron chi connectivity index (χ3n) is 1.41. The van der Waals surface area contributed by atoms with Gasteiger partial charge in [0.2, 0.25) is 7.37 Å². The summed E-state index contributed by atoms with van der Waals surface area (Å²) in [5.74, 6) is -0.345. The lowest BCUT2D eigenvalue weighted by molar-refractivity contribution is -0.141. The lowest BCUT2D eigenvalue weighted by Gasteiger charge is -2.16. The van der Waals surface area contributed by atoms with Crippen LogP contribution in [0.3, 0.4) is 0 Å². The molecule has 0 radical (unpaired) electrons. The summed E-state index contributed by atoms with van der Waals surface area (Å²) in [4.78, 5) is 10.9. The van der Waals surface area contributed by atoms with Crippen LogP contribution in [0.5, 0.6) is 0 Å². The quantitative estimate of drug-likeness (QED) is 0.536. The third kappa shape index (κ3) is 8.60. The molecule has 0 aromatic carbocycles. The van der Waals surface area contributed by atoms with Crippen LogP contribution in [0.1, 0.15) is 20.8 Å². The second-order valence-electron chi connectivity index (χ2n) is 3.56. The van der Waals surface area contributed by atoms with Crippen LogP contribution < -0.4 is 5.32 Å². The molecule has 0 aromatic heterocycles. The molecule has 0 bridgehead atoms. The number of hydrogen-bond acceptors (Lipinski definition) is 5. The maximum atomic E-state index is 11.7. The third-order valence-corrected chi connectivity index (χ3v) is 3.07. The van der Waals surface area contributed by atoms with E-state index in [0.29, 0.717) is 6.61 Å². The minimum Gasteiger partial charge on any atom is -0.465 e. The van der Waals surface area contributed by atoms with Gasteiger partial charge >= 0.3 is 5.97 Å². The Balaban J connectivity index is 3.75. The highest BCUT2D eigenvalue weighted by Gasteiger charge is 2.17. The number of nitrogens with one attached hydrogen (secondary N) is 1. The predicted molar refractivity (Wildman–Crippen MR) is 59.3 cm³/mol. The summed E-state index contributed by atoms with van der Waals surface area (Å²) in [7, 11) is -2.64. The van der Waals surface area contributed by atoms with Gasteiger partial charge in [0, 0.05) is 6.66 Å². The first-order valence-corrected chi connectivity index (χ1v) is 7.24. The number of rotatable bonds is 7. The molecule has 0 amide bonds. The van der Waals surface area contributed by atoms with Gasteiger partial charge in [0.15, 0.2) is 0 Å². The van der Waals surface area contributed by atoms with Crippen LogP contribution in [0, 0.1) is 0 Å². The highest BCUT2D eigenvalue weighted by molar-refractivity contribution is 7.58. The fourth-order valence-electron chi connectivity index (χ4n) is 1.06. The van der Waals surface area contributed by atoms with Gasteiger partial charge in [-0.3, -0.25) is 14.7 Å². The number of hydrogen-bond donors (Lipinski definition) is 1. The van der Waals surface area contributed by atoms with Crippen LogP contribution >= 0.6 is 7.37 Å². The fraction of sp³-hybridized carbons (Fsp3) is 0.889. The van der Waals surface area contributed by atoms with E-state index in [1.807, 2.05) is 13.8 Å². The summed E-state index contributed by atoms with van der Waals surface area (Å²) in [5.41, 5.74) is 0. The average Bonchev–Trinajstić information content (AvgIpc) is 2.01. The Hall–Kier alpha value is -0.380. The normalized spacial score (nSPS) is 15.0. The van der Waals surface area contributed by atoms with Gasteiger partial charge in [-0.15, -0.1) is 0 Å². The van der Waals surface area contributed by atoms with E-state index in [1.54, 1.807) is 13.6 Å². The molecule has 1 atom stereocenters. The van der Waals surface area contributed by atoms with Gasteiger partial charge in [0.05, 0.1) is 25.5 Å². The first-order valence-electron chi connectivity index (χ1n) is 4.98. The molecule has 5 nitrogen and oxygen atoms in total. The van der Waals surface area contributed by atoms with E-state index in [4.69, 9.17) is 9.26 Å². The van der Waals surface area contributed by atoms with E-state index >= 15 is 0 Å². The molecule has 0 rings (SSSR count). The van der Waals surface area contributed by atoms with Crippen molar-refractivity contribution in [1.82, 2.24) is 5.32 Å². The summed E-state index contributed by atoms with van der Waals surface area (Å²) >= 11 is 0. The second kappa shape index (κ2) is 6.99. The summed E-state index contributed by atoms with van der Waals surface area (Å²) in [5, 5.41) is 2.75. The minimum atomic E-state index is -2.64.